The molecule has 8 heteroatoms. The van der Waals surface area contributed by atoms with E-state index < -0.39 is 11.6 Å². The van der Waals surface area contributed by atoms with Crippen molar-refractivity contribution >= 4 is 16.9 Å². The highest BCUT2D eigenvalue weighted by atomic mass is 19.1. The summed E-state index contributed by atoms with van der Waals surface area (Å²) < 4.78 is 13.9. The third-order valence-corrected chi connectivity index (χ3v) is 5.49. The van der Waals surface area contributed by atoms with Gasteiger partial charge in [-0.15, -0.1) is 0 Å². The largest absolute Gasteiger partial charge is 0.505 e. The SMILES string of the molecule is Cc1[nH]nc2nc(-c3ccc(O)c(F)c3)cc(C(=O)N3CCNCC3C(C)C)c12. The number of benzene rings is 1. The van der Waals surface area contributed by atoms with Crippen LogP contribution in [0.25, 0.3) is 22.3 Å². The summed E-state index contributed by atoms with van der Waals surface area (Å²) in [6.07, 6.45) is 0. The molecule has 3 N–H and O–H groups in total. The number of rotatable bonds is 3. The normalized spacial score (nSPS) is 17.3. The van der Waals surface area contributed by atoms with Gasteiger partial charge in [0.1, 0.15) is 0 Å². The highest BCUT2D eigenvalue weighted by molar-refractivity contribution is 6.07. The lowest BCUT2D eigenvalue weighted by Crippen LogP contribution is -2.55. The molecular weight excluding hydrogens is 373 g/mol. The van der Waals surface area contributed by atoms with Crippen molar-refractivity contribution in [3.8, 4) is 17.0 Å². The van der Waals surface area contributed by atoms with E-state index in [4.69, 9.17) is 0 Å². The molecule has 1 unspecified atom stereocenters. The van der Waals surface area contributed by atoms with Gasteiger partial charge in [-0.3, -0.25) is 9.89 Å². The van der Waals surface area contributed by atoms with E-state index in [1.54, 1.807) is 12.1 Å². The summed E-state index contributed by atoms with van der Waals surface area (Å²) in [4.78, 5) is 20.0. The van der Waals surface area contributed by atoms with Crippen molar-refractivity contribution in [3.63, 3.8) is 0 Å². The van der Waals surface area contributed by atoms with E-state index in [1.165, 1.54) is 12.1 Å². The Morgan fingerprint density at radius 2 is 2.14 bits per heavy atom. The average Bonchev–Trinajstić information content (AvgIpc) is 3.09. The number of nitrogens with one attached hydrogen (secondary N) is 2. The van der Waals surface area contributed by atoms with Crippen LogP contribution in [0, 0.1) is 18.7 Å². The van der Waals surface area contributed by atoms with Crippen molar-refractivity contribution in [1.82, 2.24) is 25.4 Å². The number of carbonyl (C=O) groups is 1. The minimum atomic E-state index is -0.738. The van der Waals surface area contributed by atoms with E-state index in [0.29, 0.717) is 40.3 Å². The number of aromatic nitrogens is 3. The second kappa shape index (κ2) is 7.44. The Balaban J connectivity index is 1.85. The number of carbonyl (C=O) groups excluding carboxylic acids is 1. The molecule has 0 radical (unpaired) electrons. The summed E-state index contributed by atoms with van der Waals surface area (Å²) in [6, 6.07) is 5.83. The third-order valence-electron chi connectivity index (χ3n) is 5.49. The number of fused-ring (bicyclic) bond motifs is 1. The van der Waals surface area contributed by atoms with E-state index in [2.05, 4.69) is 34.3 Å². The Morgan fingerprint density at radius 3 is 2.86 bits per heavy atom. The average molecular weight is 397 g/mol. The molecule has 4 rings (SSSR count). The molecule has 1 aromatic carbocycles. The maximum Gasteiger partial charge on any atom is 0.255 e. The lowest BCUT2D eigenvalue weighted by atomic mass is 9.98. The second-order valence-electron chi connectivity index (χ2n) is 7.78. The standard InChI is InChI=1S/C21H24FN5O2/c1-11(2)17-10-23-6-7-27(17)21(29)14-9-16(13-4-5-18(28)15(22)8-13)24-20-19(14)12(3)25-26-20/h4-5,8-9,11,17,23,28H,6-7,10H2,1-3H3,(H,24,25,26). The highest BCUT2D eigenvalue weighted by Crippen LogP contribution is 2.30. The number of amides is 1. The van der Waals surface area contributed by atoms with Crippen LogP contribution in [0.1, 0.15) is 29.9 Å². The van der Waals surface area contributed by atoms with Gasteiger partial charge in [0.15, 0.2) is 17.2 Å². The van der Waals surface area contributed by atoms with Crippen LogP contribution in [-0.4, -0.2) is 56.8 Å². The van der Waals surface area contributed by atoms with Gasteiger partial charge in [-0.25, -0.2) is 9.37 Å². The van der Waals surface area contributed by atoms with E-state index >= 15 is 0 Å². The van der Waals surface area contributed by atoms with Gasteiger partial charge < -0.3 is 15.3 Å². The monoisotopic (exact) mass is 397 g/mol. The summed E-state index contributed by atoms with van der Waals surface area (Å²) in [5.41, 5.74) is 2.57. The van der Waals surface area contributed by atoms with Gasteiger partial charge in [0.05, 0.1) is 16.6 Å². The first-order valence-electron chi connectivity index (χ1n) is 9.73. The fourth-order valence-electron chi connectivity index (χ4n) is 3.89. The molecule has 2 aromatic heterocycles. The van der Waals surface area contributed by atoms with Crippen molar-refractivity contribution < 1.29 is 14.3 Å². The fourth-order valence-corrected chi connectivity index (χ4v) is 3.89. The number of aryl methyl sites for hydroxylation is 1. The molecule has 0 bridgehead atoms. The second-order valence-corrected chi connectivity index (χ2v) is 7.78. The summed E-state index contributed by atoms with van der Waals surface area (Å²) in [5.74, 6) is -0.942. The van der Waals surface area contributed by atoms with Crippen LogP contribution in [0.15, 0.2) is 24.3 Å². The quantitative estimate of drug-likeness (QED) is 0.632. The van der Waals surface area contributed by atoms with Gasteiger partial charge >= 0.3 is 0 Å². The lowest BCUT2D eigenvalue weighted by Gasteiger charge is -2.38. The number of phenolic OH excluding ortho intramolecular Hbond substituents is 1. The zero-order chi connectivity index (χ0) is 20.7. The molecule has 3 aromatic rings. The van der Waals surface area contributed by atoms with Crippen molar-refractivity contribution in [3.05, 3.63) is 41.3 Å². The number of H-pyrrole nitrogens is 1. The molecule has 0 saturated carbocycles. The molecule has 1 aliphatic heterocycles. The molecule has 152 valence electrons. The number of aromatic amines is 1. The molecule has 0 aliphatic carbocycles. The number of aromatic hydroxyl groups is 1. The zero-order valence-corrected chi connectivity index (χ0v) is 16.7. The molecule has 29 heavy (non-hydrogen) atoms. The Hall–Kier alpha value is -3.00. The van der Waals surface area contributed by atoms with Crippen molar-refractivity contribution in [2.24, 2.45) is 5.92 Å². The van der Waals surface area contributed by atoms with Gasteiger partial charge in [0, 0.05) is 36.9 Å². The Kier molecular flexibility index (Phi) is 4.96. The van der Waals surface area contributed by atoms with Crippen molar-refractivity contribution in [2.45, 2.75) is 26.8 Å². The van der Waals surface area contributed by atoms with Gasteiger partial charge in [0.25, 0.3) is 5.91 Å². The van der Waals surface area contributed by atoms with Crippen LogP contribution >= 0.6 is 0 Å². The first kappa shape index (κ1) is 19.3. The molecule has 1 fully saturated rings. The number of hydrogen-bond acceptors (Lipinski definition) is 5. The predicted molar refractivity (Wildman–Crippen MR) is 108 cm³/mol. The van der Waals surface area contributed by atoms with Crippen LogP contribution in [-0.2, 0) is 0 Å². The molecule has 7 nitrogen and oxygen atoms in total. The number of piperazine rings is 1. The number of halogens is 1. The predicted octanol–water partition coefficient (Wildman–Crippen LogP) is 2.85. The van der Waals surface area contributed by atoms with Crippen LogP contribution in [0.2, 0.25) is 0 Å². The zero-order valence-electron chi connectivity index (χ0n) is 16.7. The third kappa shape index (κ3) is 3.44. The molecular formula is C21H24FN5O2. The summed E-state index contributed by atoms with van der Waals surface area (Å²) in [5, 5.41) is 20.6. The van der Waals surface area contributed by atoms with E-state index in [0.717, 1.165) is 18.8 Å². The van der Waals surface area contributed by atoms with E-state index in [9.17, 15) is 14.3 Å². The van der Waals surface area contributed by atoms with Crippen LogP contribution in [0.5, 0.6) is 5.75 Å². The van der Waals surface area contributed by atoms with E-state index in [1.807, 2.05) is 11.8 Å². The molecule has 1 saturated heterocycles. The van der Waals surface area contributed by atoms with Crippen LogP contribution in [0.4, 0.5) is 4.39 Å². The fraction of sp³-hybridized carbons (Fsp3) is 0.381. The molecule has 1 amide bonds. The molecule has 1 aliphatic rings. The minimum absolute atomic E-state index is 0.0809. The summed E-state index contributed by atoms with van der Waals surface area (Å²) >= 11 is 0. The Labute approximate surface area is 167 Å². The molecule has 1 atom stereocenters. The van der Waals surface area contributed by atoms with Gasteiger partial charge in [0.2, 0.25) is 0 Å². The van der Waals surface area contributed by atoms with Crippen LogP contribution in [0.3, 0.4) is 0 Å². The first-order valence-corrected chi connectivity index (χ1v) is 9.73. The number of hydrogen-bond donors (Lipinski definition) is 3. The number of pyridine rings is 1. The Morgan fingerprint density at radius 1 is 1.34 bits per heavy atom. The van der Waals surface area contributed by atoms with Crippen molar-refractivity contribution in [1.29, 1.82) is 0 Å². The number of phenols is 1. The highest BCUT2D eigenvalue weighted by Gasteiger charge is 2.31. The summed E-state index contributed by atoms with van der Waals surface area (Å²) in [6.45, 7) is 8.17. The maximum absolute atomic E-state index is 13.9. The number of nitrogens with zero attached hydrogens (tertiary/aromatic N) is 3. The topological polar surface area (TPSA) is 94.1 Å². The lowest BCUT2D eigenvalue weighted by molar-refractivity contribution is 0.0575. The van der Waals surface area contributed by atoms with E-state index in [-0.39, 0.29) is 11.9 Å². The molecule has 3 heterocycles. The molecule has 0 spiro atoms. The minimum Gasteiger partial charge on any atom is -0.505 e. The Bertz CT molecular complexity index is 1080. The van der Waals surface area contributed by atoms with Gasteiger partial charge in [-0.2, -0.15) is 5.10 Å². The van der Waals surface area contributed by atoms with Crippen molar-refractivity contribution in [2.75, 3.05) is 19.6 Å². The van der Waals surface area contributed by atoms with Gasteiger partial charge in [-0.1, -0.05) is 13.8 Å². The maximum atomic E-state index is 13.9. The smallest absolute Gasteiger partial charge is 0.255 e. The summed E-state index contributed by atoms with van der Waals surface area (Å²) in [7, 11) is 0. The first-order chi connectivity index (χ1) is 13.9. The van der Waals surface area contributed by atoms with Gasteiger partial charge in [-0.05, 0) is 37.1 Å². The van der Waals surface area contributed by atoms with Crippen LogP contribution < -0.4 is 5.32 Å².